The van der Waals surface area contributed by atoms with Crippen LogP contribution in [0.2, 0.25) is 0 Å². The maximum Gasteiger partial charge on any atom is 0.158 e. The topological polar surface area (TPSA) is 18.5 Å². The van der Waals surface area contributed by atoms with Gasteiger partial charge in [0.2, 0.25) is 0 Å². The molecule has 0 aromatic heterocycles. The van der Waals surface area contributed by atoms with Gasteiger partial charge in [-0.05, 0) is 43.7 Å². The lowest BCUT2D eigenvalue weighted by Crippen LogP contribution is -2.20. The fraction of sp³-hybridized carbons (Fsp3) is 0.417. The van der Waals surface area contributed by atoms with E-state index in [4.69, 9.17) is 9.47 Å². The van der Waals surface area contributed by atoms with Crippen LogP contribution in [-0.4, -0.2) is 6.29 Å². The zero-order valence-electron chi connectivity index (χ0n) is 16.4. The van der Waals surface area contributed by atoms with E-state index in [9.17, 15) is 0 Å². The minimum atomic E-state index is -0.183. The molecular formula is C24H32O2. The Bertz CT molecular complexity index is 586. The average molecular weight is 353 g/mol. The summed E-state index contributed by atoms with van der Waals surface area (Å²) in [5.74, 6) is 0.558. The van der Waals surface area contributed by atoms with Gasteiger partial charge in [0.25, 0.3) is 0 Å². The Balaban J connectivity index is 1.87. The lowest BCUT2D eigenvalue weighted by molar-refractivity contribution is -0.165. The van der Waals surface area contributed by atoms with Crippen molar-refractivity contribution in [3.63, 3.8) is 0 Å². The quantitative estimate of drug-likeness (QED) is 0.338. The van der Waals surface area contributed by atoms with E-state index in [1.165, 1.54) is 16.7 Å². The number of allylic oxidation sites excluding steroid dienone is 2. The summed E-state index contributed by atoms with van der Waals surface area (Å²) in [6.45, 7) is 7.75. The van der Waals surface area contributed by atoms with Gasteiger partial charge in [0.05, 0.1) is 13.2 Å². The molecule has 26 heavy (non-hydrogen) atoms. The lowest BCUT2D eigenvalue weighted by Gasteiger charge is -2.22. The van der Waals surface area contributed by atoms with Gasteiger partial charge in [0, 0.05) is 6.42 Å². The molecule has 0 saturated carbocycles. The Morgan fingerprint density at radius 3 is 1.81 bits per heavy atom. The van der Waals surface area contributed by atoms with E-state index < -0.39 is 0 Å². The van der Waals surface area contributed by atoms with Crippen molar-refractivity contribution in [2.75, 3.05) is 0 Å². The second-order valence-corrected chi connectivity index (χ2v) is 7.22. The molecule has 2 nitrogen and oxygen atoms in total. The molecule has 0 saturated heterocycles. The van der Waals surface area contributed by atoms with Crippen molar-refractivity contribution in [3.8, 4) is 0 Å². The smallest absolute Gasteiger partial charge is 0.158 e. The lowest BCUT2D eigenvalue weighted by atomic mass is 10.0. The standard InChI is InChI=1S/C24H32O2/c1-20(2)11-10-12-21(3)17-24(25-18-22-13-6-4-7-14-22)26-19-23-15-8-5-9-16-23/h4-9,11,13-16,21,24H,10,12,17-19H2,1-3H3. The van der Waals surface area contributed by atoms with Gasteiger partial charge in [-0.3, -0.25) is 0 Å². The first-order chi connectivity index (χ1) is 12.6. The SMILES string of the molecule is CC(C)=CCCC(C)CC(OCc1ccccc1)OCc1ccccc1. The monoisotopic (exact) mass is 352 g/mol. The number of ether oxygens (including phenoxy) is 2. The summed E-state index contributed by atoms with van der Waals surface area (Å²) in [7, 11) is 0. The van der Waals surface area contributed by atoms with E-state index in [2.05, 4.69) is 51.1 Å². The predicted octanol–water partition coefficient (Wildman–Crippen LogP) is 6.52. The summed E-state index contributed by atoms with van der Waals surface area (Å²) in [6, 6.07) is 20.6. The number of benzene rings is 2. The van der Waals surface area contributed by atoms with Crippen molar-refractivity contribution in [2.45, 2.75) is 59.5 Å². The van der Waals surface area contributed by atoms with Gasteiger partial charge in [0.15, 0.2) is 6.29 Å². The highest BCUT2D eigenvalue weighted by molar-refractivity contribution is 5.14. The molecule has 1 atom stereocenters. The van der Waals surface area contributed by atoms with Crippen molar-refractivity contribution >= 4 is 0 Å². The van der Waals surface area contributed by atoms with Crippen molar-refractivity contribution < 1.29 is 9.47 Å². The molecule has 140 valence electrons. The van der Waals surface area contributed by atoms with E-state index in [-0.39, 0.29) is 6.29 Å². The molecule has 0 aliphatic rings. The van der Waals surface area contributed by atoms with Crippen LogP contribution in [0.3, 0.4) is 0 Å². The van der Waals surface area contributed by atoms with Crippen LogP contribution in [0.4, 0.5) is 0 Å². The largest absolute Gasteiger partial charge is 0.348 e. The summed E-state index contributed by atoms with van der Waals surface area (Å²) in [5.41, 5.74) is 3.74. The van der Waals surface area contributed by atoms with Gasteiger partial charge in [0.1, 0.15) is 0 Å². The van der Waals surface area contributed by atoms with Gasteiger partial charge < -0.3 is 9.47 Å². The van der Waals surface area contributed by atoms with Gasteiger partial charge >= 0.3 is 0 Å². The van der Waals surface area contributed by atoms with Gasteiger partial charge in [-0.1, -0.05) is 79.2 Å². The molecule has 0 aliphatic carbocycles. The Kier molecular flexibility index (Phi) is 9.16. The third kappa shape index (κ3) is 8.46. The minimum absolute atomic E-state index is 0.183. The number of hydrogen-bond acceptors (Lipinski definition) is 2. The summed E-state index contributed by atoms with van der Waals surface area (Å²) in [5, 5.41) is 0. The Hall–Kier alpha value is -1.90. The third-order valence-electron chi connectivity index (χ3n) is 4.36. The first-order valence-corrected chi connectivity index (χ1v) is 9.58. The molecular weight excluding hydrogens is 320 g/mol. The van der Waals surface area contributed by atoms with E-state index in [0.29, 0.717) is 19.1 Å². The Morgan fingerprint density at radius 1 is 0.846 bits per heavy atom. The molecule has 0 spiro atoms. The second-order valence-electron chi connectivity index (χ2n) is 7.22. The molecule has 0 heterocycles. The molecule has 0 radical (unpaired) electrons. The maximum absolute atomic E-state index is 6.11. The summed E-state index contributed by atoms with van der Waals surface area (Å²) in [6.07, 6.45) is 5.31. The molecule has 2 aromatic carbocycles. The highest BCUT2D eigenvalue weighted by Gasteiger charge is 2.15. The van der Waals surface area contributed by atoms with Crippen LogP contribution in [0.25, 0.3) is 0 Å². The second kappa shape index (κ2) is 11.7. The van der Waals surface area contributed by atoms with Crippen LogP contribution in [0.15, 0.2) is 72.3 Å². The predicted molar refractivity (Wildman–Crippen MR) is 109 cm³/mol. The molecule has 0 bridgehead atoms. The number of hydrogen-bond donors (Lipinski definition) is 0. The van der Waals surface area contributed by atoms with Crippen LogP contribution in [-0.2, 0) is 22.7 Å². The molecule has 2 heteroatoms. The zero-order valence-corrected chi connectivity index (χ0v) is 16.4. The van der Waals surface area contributed by atoms with Gasteiger partial charge in [-0.2, -0.15) is 0 Å². The highest BCUT2D eigenvalue weighted by atomic mass is 16.7. The van der Waals surface area contributed by atoms with Crippen molar-refractivity contribution in [1.29, 1.82) is 0 Å². The van der Waals surface area contributed by atoms with Crippen LogP contribution in [0.1, 0.15) is 51.2 Å². The fourth-order valence-corrected chi connectivity index (χ4v) is 2.81. The molecule has 2 aromatic rings. The van der Waals surface area contributed by atoms with E-state index in [1.807, 2.05) is 36.4 Å². The van der Waals surface area contributed by atoms with Crippen LogP contribution >= 0.6 is 0 Å². The van der Waals surface area contributed by atoms with E-state index in [1.54, 1.807) is 0 Å². The highest BCUT2D eigenvalue weighted by Crippen LogP contribution is 2.19. The third-order valence-corrected chi connectivity index (χ3v) is 4.36. The normalized spacial score (nSPS) is 12.2. The zero-order chi connectivity index (χ0) is 18.6. The first-order valence-electron chi connectivity index (χ1n) is 9.58. The molecule has 0 aliphatic heterocycles. The van der Waals surface area contributed by atoms with Crippen molar-refractivity contribution in [3.05, 3.63) is 83.4 Å². The fourth-order valence-electron chi connectivity index (χ4n) is 2.81. The van der Waals surface area contributed by atoms with E-state index in [0.717, 1.165) is 19.3 Å². The summed E-state index contributed by atoms with van der Waals surface area (Å²) in [4.78, 5) is 0. The first kappa shape index (κ1) is 20.4. The Morgan fingerprint density at radius 2 is 1.35 bits per heavy atom. The van der Waals surface area contributed by atoms with Crippen LogP contribution < -0.4 is 0 Å². The average Bonchev–Trinajstić information content (AvgIpc) is 2.65. The molecule has 0 fully saturated rings. The van der Waals surface area contributed by atoms with Gasteiger partial charge in [-0.25, -0.2) is 0 Å². The van der Waals surface area contributed by atoms with Crippen LogP contribution in [0.5, 0.6) is 0 Å². The molecule has 2 rings (SSSR count). The van der Waals surface area contributed by atoms with Gasteiger partial charge in [-0.15, -0.1) is 0 Å². The van der Waals surface area contributed by atoms with E-state index >= 15 is 0 Å². The van der Waals surface area contributed by atoms with Crippen LogP contribution in [0, 0.1) is 5.92 Å². The summed E-state index contributed by atoms with van der Waals surface area (Å²) < 4.78 is 12.2. The minimum Gasteiger partial charge on any atom is -0.348 e. The number of rotatable bonds is 11. The summed E-state index contributed by atoms with van der Waals surface area (Å²) >= 11 is 0. The molecule has 0 amide bonds. The maximum atomic E-state index is 6.11. The Labute approximate surface area is 158 Å². The van der Waals surface area contributed by atoms with Crippen molar-refractivity contribution in [2.24, 2.45) is 5.92 Å². The molecule has 0 N–H and O–H groups in total. The molecule has 1 unspecified atom stereocenters. The van der Waals surface area contributed by atoms with Crippen molar-refractivity contribution in [1.82, 2.24) is 0 Å².